The van der Waals surface area contributed by atoms with Crippen molar-refractivity contribution < 1.29 is 29.2 Å². The van der Waals surface area contributed by atoms with E-state index in [1.165, 1.54) is 0 Å². The maximum atomic E-state index is 10.1. The molecule has 0 amide bonds. The topological polar surface area (TPSA) is 77.4 Å². The zero-order chi connectivity index (χ0) is 18.4. The highest BCUT2D eigenvalue weighted by Gasteiger charge is 2.43. The van der Waals surface area contributed by atoms with Crippen molar-refractivity contribution in [1.29, 1.82) is 0 Å². The lowest BCUT2D eigenvalue weighted by Gasteiger charge is -2.20. The number of methoxy groups -OCH3 is 1. The first-order valence-electron chi connectivity index (χ1n) is 8.55. The molecule has 6 nitrogen and oxygen atoms in total. The van der Waals surface area contributed by atoms with Gasteiger partial charge in [-0.05, 0) is 23.3 Å². The molecule has 26 heavy (non-hydrogen) atoms. The predicted octanol–water partition coefficient (Wildman–Crippen LogP) is 1.88. The summed E-state index contributed by atoms with van der Waals surface area (Å²) >= 11 is 0. The zero-order valence-electron chi connectivity index (χ0n) is 14.7. The normalized spacial score (nSPS) is 25.3. The van der Waals surface area contributed by atoms with Crippen molar-refractivity contribution in [2.24, 2.45) is 0 Å². The number of hydrogen-bond donors (Lipinski definition) is 2. The second kappa shape index (κ2) is 9.12. The van der Waals surface area contributed by atoms with Gasteiger partial charge >= 0.3 is 0 Å². The van der Waals surface area contributed by atoms with E-state index >= 15 is 0 Å². The van der Waals surface area contributed by atoms with Crippen LogP contribution in [0.25, 0.3) is 0 Å². The van der Waals surface area contributed by atoms with E-state index in [1.807, 2.05) is 54.6 Å². The van der Waals surface area contributed by atoms with Crippen molar-refractivity contribution in [2.75, 3.05) is 13.7 Å². The summed E-state index contributed by atoms with van der Waals surface area (Å²) in [6.07, 6.45) is -3.57. The van der Waals surface area contributed by atoms with Crippen molar-refractivity contribution in [3.8, 4) is 5.75 Å². The van der Waals surface area contributed by atoms with Gasteiger partial charge in [0, 0.05) is 0 Å². The van der Waals surface area contributed by atoms with Crippen molar-refractivity contribution in [2.45, 2.75) is 37.8 Å². The first-order chi connectivity index (χ1) is 12.7. The molecule has 1 fully saturated rings. The molecule has 1 aliphatic rings. The molecule has 140 valence electrons. The van der Waals surface area contributed by atoms with Crippen LogP contribution in [0.3, 0.4) is 0 Å². The predicted molar refractivity (Wildman–Crippen MR) is 94.6 cm³/mol. The summed E-state index contributed by atoms with van der Waals surface area (Å²) in [6, 6.07) is 17.2. The average Bonchev–Trinajstić information content (AvgIpc) is 2.95. The monoisotopic (exact) mass is 360 g/mol. The number of aliphatic hydroxyl groups excluding tert-OH is 2. The molecule has 1 aliphatic heterocycles. The Balaban J connectivity index is 1.51. The van der Waals surface area contributed by atoms with Gasteiger partial charge < -0.3 is 29.2 Å². The highest BCUT2D eigenvalue weighted by Crippen LogP contribution is 2.24. The molecule has 1 saturated heterocycles. The molecular formula is C20H24O6. The van der Waals surface area contributed by atoms with Gasteiger partial charge in [0.25, 0.3) is 0 Å². The molecule has 3 rings (SSSR count). The van der Waals surface area contributed by atoms with Crippen LogP contribution < -0.4 is 4.74 Å². The summed E-state index contributed by atoms with van der Waals surface area (Å²) in [5, 5.41) is 19.9. The lowest BCUT2D eigenvalue weighted by molar-refractivity contribution is -0.137. The van der Waals surface area contributed by atoms with Crippen LogP contribution in [-0.2, 0) is 27.4 Å². The molecule has 1 heterocycles. The van der Waals surface area contributed by atoms with Crippen LogP contribution >= 0.6 is 0 Å². The van der Waals surface area contributed by atoms with Gasteiger partial charge in [-0.1, -0.05) is 42.5 Å². The van der Waals surface area contributed by atoms with Crippen LogP contribution in [0.2, 0.25) is 0 Å². The number of benzene rings is 2. The molecule has 0 radical (unpaired) electrons. The molecule has 2 aromatic rings. The molecule has 0 aromatic heterocycles. The van der Waals surface area contributed by atoms with Gasteiger partial charge in [-0.2, -0.15) is 0 Å². The summed E-state index contributed by atoms with van der Waals surface area (Å²) < 4.78 is 22.0. The minimum Gasteiger partial charge on any atom is -0.497 e. The molecule has 4 atom stereocenters. The Morgan fingerprint density at radius 2 is 1.62 bits per heavy atom. The van der Waals surface area contributed by atoms with E-state index in [0.29, 0.717) is 13.2 Å². The molecule has 0 unspecified atom stereocenters. The van der Waals surface area contributed by atoms with E-state index in [0.717, 1.165) is 16.9 Å². The molecule has 0 saturated carbocycles. The van der Waals surface area contributed by atoms with Crippen LogP contribution in [0, 0.1) is 0 Å². The first-order valence-corrected chi connectivity index (χ1v) is 8.55. The Morgan fingerprint density at radius 1 is 0.923 bits per heavy atom. The fraction of sp³-hybridized carbons (Fsp3) is 0.400. The molecule has 2 aromatic carbocycles. The van der Waals surface area contributed by atoms with Gasteiger partial charge in [0.2, 0.25) is 0 Å². The van der Waals surface area contributed by atoms with Crippen molar-refractivity contribution in [3.05, 3.63) is 65.7 Å². The van der Waals surface area contributed by atoms with Crippen LogP contribution in [0.4, 0.5) is 0 Å². The third-order valence-corrected chi connectivity index (χ3v) is 4.30. The summed E-state index contributed by atoms with van der Waals surface area (Å²) in [5.41, 5.74) is 1.98. The number of rotatable bonds is 8. The van der Waals surface area contributed by atoms with Crippen molar-refractivity contribution in [1.82, 2.24) is 0 Å². The number of aliphatic hydroxyl groups is 2. The van der Waals surface area contributed by atoms with E-state index in [2.05, 4.69) is 0 Å². The van der Waals surface area contributed by atoms with Crippen molar-refractivity contribution in [3.63, 3.8) is 0 Å². The van der Waals surface area contributed by atoms with Gasteiger partial charge in [-0.15, -0.1) is 0 Å². The lowest BCUT2D eigenvalue weighted by atomic mass is 10.1. The van der Waals surface area contributed by atoms with Gasteiger partial charge in [-0.3, -0.25) is 0 Å². The quantitative estimate of drug-likeness (QED) is 0.748. The SMILES string of the molecule is COc1ccc(COC[C@H]2O[C@H](O)[C@@H](O)[C@@H]2OCc2ccccc2)cc1. The maximum Gasteiger partial charge on any atom is 0.184 e. The molecule has 0 bridgehead atoms. The van der Waals surface area contributed by atoms with Crippen LogP contribution in [0.1, 0.15) is 11.1 Å². The van der Waals surface area contributed by atoms with Crippen LogP contribution in [0.15, 0.2) is 54.6 Å². The fourth-order valence-electron chi connectivity index (χ4n) is 2.84. The summed E-state index contributed by atoms with van der Waals surface area (Å²) in [6.45, 7) is 0.925. The fourth-order valence-corrected chi connectivity index (χ4v) is 2.84. The smallest absolute Gasteiger partial charge is 0.184 e. The highest BCUT2D eigenvalue weighted by molar-refractivity contribution is 5.26. The average molecular weight is 360 g/mol. The molecule has 6 heteroatoms. The third kappa shape index (κ3) is 4.81. The Hall–Kier alpha value is -1.96. The Labute approximate surface area is 152 Å². The van der Waals surface area contributed by atoms with E-state index in [4.69, 9.17) is 18.9 Å². The Bertz CT molecular complexity index is 660. The molecule has 0 spiro atoms. The van der Waals surface area contributed by atoms with Gasteiger partial charge in [-0.25, -0.2) is 0 Å². The second-order valence-corrected chi connectivity index (χ2v) is 6.18. The molecule has 2 N–H and O–H groups in total. The minimum absolute atomic E-state index is 0.208. The van der Waals surface area contributed by atoms with Crippen molar-refractivity contribution >= 4 is 0 Å². The van der Waals surface area contributed by atoms with Gasteiger partial charge in [0.1, 0.15) is 24.1 Å². The van der Waals surface area contributed by atoms with E-state index in [-0.39, 0.29) is 6.61 Å². The molecular weight excluding hydrogens is 336 g/mol. The van der Waals surface area contributed by atoms with Gasteiger partial charge in [0.15, 0.2) is 6.29 Å². The third-order valence-electron chi connectivity index (χ3n) is 4.30. The zero-order valence-corrected chi connectivity index (χ0v) is 14.7. The lowest BCUT2D eigenvalue weighted by Crippen LogP contribution is -2.37. The maximum absolute atomic E-state index is 10.1. The highest BCUT2D eigenvalue weighted by atomic mass is 16.7. The Kier molecular flexibility index (Phi) is 6.60. The summed E-state index contributed by atoms with van der Waals surface area (Å²) in [4.78, 5) is 0. The standard InChI is InChI=1S/C20H24O6/c1-23-16-9-7-15(8-10-16)11-24-13-17-19(18(21)20(22)26-17)25-12-14-5-3-2-4-6-14/h2-10,17-22H,11-13H2,1H3/t17-,18+,19-,20+/m1/s1. The number of ether oxygens (including phenoxy) is 4. The van der Waals surface area contributed by atoms with E-state index < -0.39 is 24.6 Å². The number of hydrogen-bond acceptors (Lipinski definition) is 6. The van der Waals surface area contributed by atoms with E-state index in [9.17, 15) is 10.2 Å². The Morgan fingerprint density at radius 3 is 2.31 bits per heavy atom. The minimum atomic E-state index is -1.27. The summed E-state index contributed by atoms with van der Waals surface area (Å²) in [7, 11) is 1.62. The van der Waals surface area contributed by atoms with Gasteiger partial charge in [0.05, 0.1) is 26.9 Å². The summed E-state index contributed by atoms with van der Waals surface area (Å²) in [5.74, 6) is 0.786. The van der Waals surface area contributed by atoms with Crippen LogP contribution in [0.5, 0.6) is 5.75 Å². The second-order valence-electron chi connectivity index (χ2n) is 6.18. The van der Waals surface area contributed by atoms with Crippen LogP contribution in [-0.4, -0.2) is 48.5 Å². The molecule has 0 aliphatic carbocycles. The largest absolute Gasteiger partial charge is 0.497 e. The first kappa shape index (κ1) is 18.8. The van der Waals surface area contributed by atoms with E-state index in [1.54, 1.807) is 7.11 Å².